The Morgan fingerprint density at radius 1 is 0.833 bits per heavy atom. The van der Waals surface area contributed by atoms with Crippen LogP contribution in [0.15, 0.2) is 37.4 Å². The van der Waals surface area contributed by atoms with Crippen LogP contribution in [0.1, 0.15) is 57.8 Å². The maximum atomic E-state index is 12.9. The van der Waals surface area contributed by atoms with Gasteiger partial charge >= 0.3 is 11.9 Å². The predicted octanol–water partition coefficient (Wildman–Crippen LogP) is 4.54. The lowest BCUT2D eigenvalue weighted by Crippen LogP contribution is -2.45. The van der Waals surface area contributed by atoms with E-state index in [0.29, 0.717) is 11.6 Å². The molecule has 3 N–H and O–H groups in total. The minimum atomic E-state index is -2.61. The summed E-state index contributed by atoms with van der Waals surface area (Å²) in [6, 6.07) is -0.580. The van der Waals surface area contributed by atoms with E-state index in [9.17, 15) is 27.2 Å². The monoisotopic (exact) mass is 718 g/mol. The van der Waals surface area contributed by atoms with Gasteiger partial charge in [0.25, 0.3) is 11.8 Å². The Balaban J connectivity index is 0.000000219. The number of nitrogens with one attached hydrogen (secondary N) is 1. The molecule has 2 saturated carbocycles. The predicted molar refractivity (Wildman–Crippen MR) is 166 cm³/mol. The highest BCUT2D eigenvalue weighted by molar-refractivity contribution is 6.28. The average molecular weight is 720 g/mol. The lowest BCUT2D eigenvalue weighted by Gasteiger charge is -2.35. The quantitative estimate of drug-likeness (QED) is 0.162. The maximum absolute atomic E-state index is 12.9. The molecule has 0 saturated heterocycles. The maximum Gasteiger partial charge on any atom is 0.358 e. The minimum Gasteiger partial charge on any atom is -0.464 e. The first kappa shape index (κ1) is 38.0. The van der Waals surface area contributed by atoms with Crippen molar-refractivity contribution in [1.82, 2.24) is 39.0 Å². The number of ether oxygens (including phenoxy) is 2. The first-order chi connectivity index (χ1) is 22.1. The first-order valence-corrected chi connectivity index (χ1v) is 14.3. The summed E-state index contributed by atoms with van der Waals surface area (Å²) < 4.78 is 61.5. The second kappa shape index (κ2) is 15.7. The molecular weight excluding hydrogens is 687 g/mol. The normalized spacial score (nSPS) is 16.0. The Morgan fingerprint density at radius 2 is 1.29 bits per heavy atom. The summed E-state index contributed by atoms with van der Waals surface area (Å²) in [6.07, 6.45) is 8.41. The molecule has 0 aromatic carbocycles. The van der Waals surface area contributed by atoms with E-state index in [1.807, 2.05) is 6.92 Å². The summed E-state index contributed by atoms with van der Waals surface area (Å²) in [5.41, 5.74) is 7.01. The number of aromatic nitrogens is 8. The third kappa shape index (κ3) is 9.80. The van der Waals surface area contributed by atoms with Crippen LogP contribution in [0, 0.1) is 13.8 Å². The van der Waals surface area contributed by atoms with E-state index in [-0.39, 0.29) is 72.8 Å². The van der Waals surface area contributed by atoms with E-state index in [1.54, 1.807) is 28.5 Å². The van der Waals surface area contributed by atoms with E-state index < -0.39 is 23.8 Å². The van der Waals surface area contributed by atoms with Crippen molar-refractivity contribution in [2.45, 2.75) is 63.5 Å². The largest absolute Gasteiger partial charge is 0.464 e. The number of carbonyl (C=O) groups is 2. The van der Waals surface area contributed by atoms with Crippen molar-refractivity contribution in [2.24, 2.45) is 5.73 Å². The molecule has 48 heavy (non-hydrogen) atoms. The van der Waals surface area contributed by atoms with E-state index in [2.05, 4.69) is 44.7 Å². The molecule has 0 spiro atoms. The first-order valence-electron chi connectivity index (χ1n) is 14.0. The minimum absolute atomic E-state index is 0. The molecule has 0 atom stereocenters. The van der Waals surface area contributed by atoms with E-state index >= 15 is 0 Å². The molecule has 6 rings (SSSR count). The number of carbonyl (C=O) groups excluding carboxylic acids is 2. The van der Waals surface area contributed by atoms with Crippen LogP contribution in [0.3, 0.4) is 0 Å². The third-order valence-corrected chi connectivity index (χ3v) is 7.03. The van der Waals surface area contributed by atoms with Crippen LogP contribution in [-0.4, -0.2) is 89.1 Å². The van der Waals surface area contributed by atoms with Crippen LogP contribution < -0.4 is 11.1 Å². The summed E-state index contributed by atoms with van der Waals surface area (Å²) in [6.45, 7) is 3.64. The number of halogens is 6. The van der Waals surface area contributed by atoms with Gasteiger partial charge in [0.05, 0.1) is 14.2 Å². The van der Waals surface area contributed by atoms with Gasteiger partial charge in [0.1, 0.15) is 24.3 Å². The zero-order chi connectivity index (χ0) is 34.5. The molecule has 20 heteroatoms. The molecule has 0 amide bonds. The fourth-order valence-electron chi connectivity index (χ4n) is 4.39. The van der Waals surface area contributed by atoms with E-state index in [4.69, 9.17) is 17.3 Å². The molecule has 4 aromatic heterocycles. The summed E-state index contributed by atoms with van der Waals surface area (Å²) in [5.74, 6) is -4.74. The highest BCUT2D eigenvalue weighted by Gasteiger charge is 2.45. The van der Waals surface area contributed by atoms with Crippen molar-refractivity contribution in [3.8, 4) is 11.6 Å². The van der Waals surface area contributed by atoms with Gasteiger partial charge in [-0.3, -0.25) is 9.13 Å². The van der Waals surface area contributed by atoms with Crippen LogP contribution >= 0.6 is 24.0 Å². The van der Waals surface area contributed by atoms with Crippen molar-refractivity contribution in [1.29, 1.82) is 0 Å². The van der Waals surface area contributed by atoms with Gasteiger partial charge < -0.3 is 20.5 Å². The molecule has 260 valence electrons. The highest BCUT2D eigenvalue weighted by atomic mass is 35.5. The summed E-state index contributed by atoms with van der Waals surface area (Å²) in [7, 11) is 2.57. The van der Waals surface area contributed by atoms with E-state index in [1.165, 1.54) is 39.3 Å². The number of anilines is 1. The van der Waals surface area contributed by atoms with Crippen LogP contribution in [0.5, 0.6) is 0 Å². The molecule has 2 aliphatic carbocycles. The molecule has 0 aliphatic heterocycles. The number of hydrogen-bond acceptors (Lipinski definition) is 12. The number of alkyl halides is 4. The van der Waals surface area contributed by atoms with Gasteiger partial charge in [-0.15, -0.1) is 12.4 Å². The van der Waals surface area contributed by atoms with Gasteiger partial charge in [0.15, 0.2) is 11.4 Å². The van der Waals surface area contributed by atoms with Crippen molar-refractivity contribution in [2.75, 3.05) is 19.5 Å². The lowest BCUT2D eigenvalue weighted by atomic mass is 9.88. The molecule has 2 aliphatic rings. The van der Waals surface area contributed by atoms with Crippen molar-refractivity contribution in [3.63, 3.8) is 0 Å². The van der Waals surface area contributed by atoms with Gasteiger partial charge in [-0.2, -0.15) is 9.97 Å². The molecule has 14 nitrogen and oxygen atoms in total. The Hall–Kier alpha value is -4.42. The second-order valence-corrected chi connectivity index (χ2v) is 11.1. The van der Waals surface area contributed by atoms with Crippen LogP contribution in [0.25, 0.3) is 11.6 Å². The fraction of sp³-hybridized carbons (Fsp3) is 0.429. The molecular formula is C28H32Cl2F4N10O4. The standard InChI is InChI=1S/C14H15F2N5O2.C10H9ClN4O2.C4H7F2N.ClH/c1-8-5-17-13(19-9-3-14(15,16)4-9)20-11(8)21-6-10(18-7-21)12(22)23-2;1-6-3-12-10(11)14-8(6)15-4-7(13-5-15)9(16)17-2;5-4(6)1-3(7)2-4;/h5-7,9H,3-4H2,1-2H3,(H,17,19,20);3-5H,1-2H3;3H,1-2,7H2;1H. The van der Waals surface area contributed by atoms with Gasteiger partial charge in [0, 0.05) is 73.7 Å². The van der Waals surface area contributed by atoms with E-state index in [0.717, 1.165) is 11.1 Å². The number of nitrogens with two attached hydrogens (primary N) is 1. The Bertz CT molecular complexity index is 1720. The zero-order valence-electron chi connectivity index (χ0n) is 26.0. The number of aryl methyl sites for hydroxylation is 2. The number of imidazole rings is 2. The molecule has 0 unspecified atom stereocenters. The number of nitrogens with zero attached hydrogens (tertiary/aromatic N) is 8. The van der Waals surface area contributed by atoms with Crippen LogP contribution in [-0.2, 0) is 9.47 Å². The van der Waals surface area contributed by atoms with Gasteiger partial charge in [-0.25, -0.2) is 47.1 Å². The molecule has 2 fully saturated rings. The fourth-order valence-corrected chi connectivity index (χ4v) is 4.52. The molecule has 4 heterocycles. The van der Waals surface area contributed by atoms with Crippen LogP contribution in [0.4, 0.5) is 23.5 Å². The van der Waals surface area contributed by atoms with Crippen molar-refractivity contribution >= 4 is 41.9 Å². The summed E-state index contributed by atoms with van der Waals surface area (Å²) in [4.78, 5) is 46.9. The molecule has 0 radical (unpaired) electrons. The van der Waals surface area contributed by atoms with Crippen LogP contribution in [0.2, 0.25) is 5.28 Å². The Morgan fingerprint density at radius 3 is 1.71 bits per heavy atom. The second-order valence-electron chi connectivity index (χ2n) is 10.8. The third-order valence-electron chi connectivity index (χ3n) is 6.85. The lowest BCUT2D eigenvalue weighted by molar-refractivity contribution is -0.0841. The highest BCUT2D eigenvalue weighted by Crippen LogP contribution is 2.38. The summed E-state index contributed by atoms with van der Waals surface area (Å²) in [5, 5.41) is 3.02. The average Bonchev–Trinajstić information content (AvgIpc) is 3.68. The smallest absolute Gasteiger partial charge is 0.358 e. The van der Waals surface area contributed by atoms with Gasteiger partial charge in [-0.05, 0) is 25.4 Å². The van der Waals surface area contributed by atoms with Gasteiger partial charge in [0.2, 0.25) is 11.2 Å². The summed E-state index contributed by atoms with van der Waals surface area (Å²) >= 11 is 5.72. The Kier molecular flexibility index (Phi) is 12.4. The number of methoxy groups -OCH3 is 2. The molecule has 4 aromatic rings. The zero-order valence-corrected chi connectivity index (χ0v) is 27.6. The Labute approximate surface area is 282 Å². The topological polar surface area (TPSA) is 178 Å². The van der Waals surface area contributed by atoms with Gasteiger partial charge in [-0.1, -0.05) is 0 Å². The van der Waals surface area contributed by atoms with Crippen molar-refractivity contribution in [3.05, 3.63) is 65.2 Å². The van der Waals surface area contributed by atoms with Crippen molar-refractivity contribution < 1.29 is 36.6 Å². The SMILES string of the molecule is COC(=O)c1cn(-c2nc(Cl)ncc2C)cn1.COC(=O)c1cn(-c2nc(NC3CC(F)(F)C3)ncc2C)cn1.Cl.NC1CC(F)(F)C1. The number of hydrogen-bond donors (Lipinski definition) is 2. The number of esters is 2. The number of rotatable bonds is 6. The molecule has 0 bridgehead atoms.